The molecule has 0 aliphatic rings. The van der Waals surface area contributed by atoms with Crippen LogP contribution in [0.2, 0.25) is 0 Å². The number of benzene rings is 2. The Bertz CT molecular complexity index is 1110. The lowest BCUT2D eigenvalue weighted by molar-refractivity contribution is -0.119. The van der Waals surface area contributed by atoms with E-state index in [0.29, 0.717) is 12.0 Å². The fourth-order valence-electron chi connectivity index (χ4n) is 3.39. The summed E-state index contributed by atoms with van der Waals surface area (Å²) in [5.41, 5.74) is 10.8. The van der Waals surface area contributed by atoms with Crippen molar-refractivity contribution < 1.29 is 9.59 Å². The van der Waals surface area contributed by atoms with Crippen LogP contribution in [0.5, 0.6) is 0 Å². The van der Waals surface area contributed by atoms with Gasteiger partial charge in [-0.1, -0.05) is 48.6 Å². The van der Waals surface area contributed by atoms with Crippen LogP contribution in [0.25, 0.3) is 23.3 Å². The first kappa shape index (κ1) is 23.3. The predicted molar refractivity (Wildman–Crippen MR) is 133 cm³/mol. The molecule has 0 aliphatic heterocycles. The second kappa shape index (κ2) is 11.3. The molecule has 2 amide bonds. The zero-order valence-electron chi connectivity index (χ0n) is 18.2. The van der Waals surface area contributed by atoms with E-state index in [-0.39, 0.29) is 5.91 Å². The lowest BCUT2D eigenvalue weighted by Crippen LogP contribution is -2.44. The molecule has 164 valence electrons. The van der Waals surface area contributed by atoms with Crippen molar-refractivity contribution in [3.63, 3.8) is 0 Å². The third kappa shape index (κ3) is 6.08. The van der Waals surface area contributed by atoms with Gasteiger partial charge in [0.2, 0.25) is 5.91 Å². The molecule has 1 aromatic heterocycles. The number of carbonyl (C=O) groups is 2. The molecule has 1 atom stereocenters. The average molecular weight is 446 g/mol. The standard InChI is InChI=1S/C26H27N3O2S/c1-18-6-3-4-8-21(18)23-16-19(9-10-20-7-5-14-28-17-20)11-12-22(23)26(31)29-24(25(27)30)13-15-32-2/h3-12,14,16-17,24H,13,15H2,1-2H3,(H2,27,30)(H,29,31)/b10-9+. The number of nitrogens with two attached hydrogens (primary N) is 1. The highest BCUT2D eigenvalue weighted by molar-refractivity contribution is 7.98. The third-order valence-electron chi connectivity index (χ3n) is 5.14. The fraction of sp³-hybridized carbons (Fsp3) is 0.192. The van der Waals surface area contributed by atoms with E-state index in [4.69, 9.17) is 5.73 Å². The summed E-state index contributed by atoms with van der Waals surface area (Å²) in [4.78, 5) is 29.1. The second-order valence-corrected chi connectivity index (χ2v) is 8.44. The minimum Gasteiger partial charge on any atom is -0.368 e. The highest BCUT2D eigenvalue weighted by Gasteiger charge is 2.21. The minimum absolute atomic E-state index is 0.309. The molecule has 0 spiro atoms. The van der Waals surface area contributed by atoms with Crippen LogP contribution in [0.1, 0.15) is 33.5 Å². The maximum Gasteiger partial charge on any atom is 0.252 e. The van der Waals surface area contributed by atoms with Crippen LogP contribution in [-0.2, 0) is 4.79 Å². The largest absolute Gasteiger partial charge is 0.368 e. The van der Waals surface area contributed by atoms with E-state index < -0.39 is 11.9 Å². The summed E-state index contributed by atoms with van der Waals surface area (Å²) in [7, 11) is 0. The van der Waals surface area contributed by atoms with E-state index in [1.54, 1.807) is 30.2 Å². The second-order valence-electron chi connectivity index (χ2n) is 7.45. The number of aromatic nitrogens is 1. The Morgan fingerprint density at radius 1 is 1.06 bits per heavy atom. The van der Waals surface area contributed by atoms with Gasteiger partial charge in [-0.15, -0.1) is 0 Å². The van der Waals surface area contributed by atoms with Gasteiger partial charge >= 0.3 is 0 Å². The van der Waals surface area contributed by atoms with E-state index >= 15 is 0 Å². The Morgan fingerprint density at radius 3 is 2.53 bits per heavy atom. The molecule has 0 fully saturated rings. The summed E-state index contributed by atoms with van der Waals surface area (Å²) in [5.74, 6) is -0.104. The van der Waals surface area contributed by atoms with Crippen molar-refractivity contribution in [2.75, 3.05) is 12.0 Å². The number of rotatable bonds is 9. The molecule has 6 heteroatoms. The first-order valence-corrected chi connectivity index (χ1v) is 11.8. The summed E-state index contributed by atoms with van der Waals surface area (Å²) >= 11 is 1.61. The van der Waals surface area contributed by atoms with Crippen LogP contribution >= 0.6 is 11.8 Å². The quantitative estimate of drug-likeness (QED) is 0.505. The molecule has 0 radical (unpaired) electrons. The maximum absolute atomic E-state index is 13.2. The molecule has 32 heavy (non-hydrogen) atoms. The molecule has 0 aliphatic carbocycles. The first-order chi connectivity index (χ1) is 15.5. The molecular formula is C26H27N3O2S. The van der Waals surface area contributed by atoms with Crippen molar-refractivity contribution in [3.05, 3.63) is 89.2 Å². The lowest BCUT2D eigenvalue weighted by atomic mass is 9.93. The molecule has 3 rings (SSSR count). The minimum atomic E-state index is -0.704. The number of pyridine rings is 1. The Hall–Kier alpha value is -3.38. The fourth-order valence-corrected chi connectivity index (χ4v) is 3.86. The van der Waals surface area contributed by atoms with E-state index in [1.807, 2.05) is 73.9 Å². The van der Waals surface area contributed by atoms with E-state index in [1.165, 1.54) is 0 Å². The van der Waals surface area contributed by atoms with Gasteiger partial charge in [0, 0.05) is 18.0 Å². The van der Waals surface area contributed by atoms with Crippen LogP contribution in [0.4, 0.5) is 0 Å². The highest BCUT2D eigenvalue weighted by atomic mass is 32.2. The molecular weight excluding hydrogens is 418 g/mol. The van der Waals surface area contributed by atoms with Crippen molar-refractivity contribution in [2.45, 2.75) is 19.4 Å². The molecule has 1 unspecified atom stereocenters. The molecule has 3 N–H and O–H groups in total. The molecule has 0 saturated carbocycles. The van der Waals surface area contributed by atoms with Gasteiger partial charge in [0.25, 0.3) is 5.91 Å². The Kier molecular flexibility index (Phi) is 8.22. The number of thioether (sulfide) groups is 1. The number of carbonyl (C=O) groups excluding carboxylic acids is 2. The van der Waals surface area contributed by atoms with Crippen LogP contribution in [-0.4, -0.2) is 34.8 Å². The van der Waals surface area contributed by atoms with Gasteiger partial charge in [-0.2, -0.15) is 11.8 Å². The molecule has 3 aromatic rings. The van der Waals surface area contributed by atoms with Crippen molar-refractivity contribution in [2.24, 2.45) is 5.73 Å². The summed E-state index contributed by atoms with van der Waals surface area (Å²) < 4.78 is 0. The highest BCUT2D eigenvalue weighted by Crippen LogP contribution is 2.29. The molecule has 5 nitrogen and oxygen atoms in total. The monoisotopic (exact) mass is 445 g/mol. The van der Waals surface area contributed by atoms with Gasteiger partial charge in [-0.25, -0.2) is 0 Å². The smallest absolute Gasteiger partial charge is 0.252 e. The van der Waals surface area contributed by atoms with Gasteiger partial charge in [-0.3, -0.25) is 14.6 Å². The Balaban J connectivity index is 1.98. The SMILES string of the molecule is CSCCC(NC(=O)c1ccc(/C=C/c2cccnc2)cc1-c1ccccc1C)C(N)=O. The van der Waals surface area contributed by atoms with Gasteiger partial charge in [-0.05, 0) is 71.4 Å². The van der Waals surface area contributed by atoms with Crippen LogP contribution in [0.15, 0.2) is 67.0 Å². The van der Waals surface area contributed by atoms with Crippen LogP contribution < -0.4 is 11.1 Å². The normalized spacial score (nSPS) is 11.9. The summed E-state index contributed by atoms with van der Waals surface area (Å²) in [6.07, 6.45) is 9.95. The number of nitrogens with zero attached hydrogens (tertiary/aromatic N) is 1. The topological polar surface area (TPSA) is 85.1 Å². The van der Waals surface area contributed by atoms with Crippen molar-refractivity contribution >= 4 is 35.7 Å². The van der Waals surface area contributed by atoms with Gasteiger partial charge < -0.3 is 11.1 Å². The van der Waals surface area contributed by atoms with E-state index in [9.17, 15) is 9.59 Å². The van der Waals surface area contributed by atoms with Crippen LogP contribution in [0.3, 0.4) is 0 Å². The third-order valence-corrected chi connectivity index (χ3v) is 5.78. The van der Waals surface area contributed by atoms with Gasteiger partial charge in [0.15, 0.2) is 0 Å². The molecule has 1 heterocycles. The van der Waals surface area contributed by atoms with Crippen molar-refractivity contribution in [1.29, 1.82) is 0 Å². The summed E-state index contributed by atoms with van der Waals surface area (Å²) in [6.45, 7) is 2.01. The lowest BCUT2D eigenvalue weighted by Gasteiger charge is -2.18. The number of amides is 2. The number of aryl methyl sites for hydroxylation is 1. The first-order valence-electron chi connectivity index (χ1n) is 10.4. The zero-order chi connectivity index (χ0) is 22.9. The Labute approximate surface area is 193 Å². The number of nitrogens with one attached hydrogen (secondary N) is 1. The number of primary amides is 1. The summed E-state index contributed by atoms with van der Waals surface area (Å²) in [5, 5.41) is 2.82. The number of hydrogen-bond donors (Lipinski definition) is 2. The van der Waals surface area contributed by atoms with E-state index in [2.05, 4.69) is 10.3 Å². The summed E-state index contributed by atoms with van der Waals surface area (Å²) in [6, 6.07) is 16.8. The van der Waals surface area contributed by atoms with E-state index in [0.717, 1.165) is 33.6 Å². The van der Waals surface area contributed by atoms with Gasteiger partial charge in [0.1, 0.15) is 6.04 Å². The van der Waals surface area contributed by atoms with Crippen molar-refractivity contribution in [1.82, 2.24) is 10.3 Å². The zero-order valence-corrected chi connectivity index (χ0v) is 19.1. The van der Waals surface area contributed by atoms with Crippen LogP contribution in [0, 0.1) is 6.92 Å². The maximum atomic E-state index is 13.2. The predicted octanol–water partition coefficient (Wildman–Crippen LogP) is 4.56. The molecule has 0 saturated heterocycles. The van der Waals surface area contributed by atoms with Gasteiger partial charge in [0.05, 0.1) is 0 Å². The average Bonchev–Trinajstić information content (AvgIpc) is 2.81. The Morgan fingerprint density at radius 2 is 1.84 bits per heavy atom. The molecule has 0 bridgehead atoms. The van der Waals surface area contributed by atoms with Crippen molar-refractivity contribution in [3.8, 4) is 11.1 Å². The number of hydrogen-bond acceptors (Lipinski definition) is 4. The molecule has 2 aromatic carbocycles.